The normalized spacial score (nSPS) is 11.7. The van der Waals surface area contributed by atoms with Crippen molar-refractivity contribution in [3.63, 3.8) is 0 Å². The van der Waals surface area contributed by atoms with Gasteiger partial charge >= 0.3 is 11.7 Å². The fourth-order valence-corrected chi connectivity index (χ4v) is 2.62. The fourth-order valence-electron chi connectivity index (χ4n) is 1.84. The van der Waals surface area contributed by atoms with Crippen molar-refractivity contribution in [3.8, 4) is 0 Å². The number of carboxylic acids is 1. The average Bonchev–Trinajstić information content (AvgIpc) is 2.44. The number of carbonyl (C=O) groups is 2. The number of alkyl halides is 2. The van der Waals surface area contributed by atoms with Crippen LogP contribution in [-0.2, 0) is 20.4 Å². The van der Waals surface area contributed by atoms with Crippen LogP contribution in [0.3, 0.4) is 0 Å². The summed E-state index contributed by atoms with van der Waals surface area (Å²) < 4.78 is 46.9. The molecule has 1 amide bonds. The molecule has 0 bridgehead atoms. The Balaban J connectivity index is 2.95. The van der Waals surface area contributed by atoms with Crippen molar-refractivity contribution in [2.45, 2.75) is 31.4 Å². The standard InChI is InChI=1S/C14H17F2NO5S/c1-9(2)17(7-12(18)19)13(20)11-5-3-10(4-6-11)8-23(21,22)14(15)16/h3-6,9,14H,7-8H2,1-2H3,(H,18,19). The predicted octanol–water partition coefficient (Wildman–Crippen LogP) is 1.76. The minimum Gasteiger partial charge on any atom is -0.480 e. The first-order chi connectivity index (χ1) is 10.5. The number of amides is 1. The lowest BCUT2D eigenvalue weighted by Gasteiger charge is -2.25. The molecule has 1 aromatic carbocycles. The van der Waals surface area contributed by atoms with Crippen molar-refractivity contribution >= 4 is 21.7 Å². The molecule has 1 aromatic rings. The Kier molecular flexibility index (Phi) is 6.20. The molecule has 0 unspecified atom stereocenters. The van der Waals surface area contributed by atoms with Crippen molar-refractivity contribution in [1.29, 1.82) is 0 Å². The molecule has 0 radical (unpaired) electrons. The third-order valence-corrected chi connectivity index (χ3v) is 4.31. The van der Waals surface area contributed by atoms with Crippen molar-refractivity contribution in [1.82, 2.24) is 4.90 Å². The lowest BCUT2D eigenvalue weighted by Crippen LogP contribution is -2.40. The van der Waals surface area contributed by atoms with E-state index in [2.05, 4.69) is 0 Å². The van der Waals surface area contributed by atoms with Gasteiger partial charge in [-0.2, -0.15) is 8.78 Å². The van der Waals surface area contributed by atoms with Crippen LogP contribution in [0, 0.1) is 0 Å². The van der Waals surface area contributed by atoms with E-state index in [4.69, 9.17) is 5.11 Å². The zero-order valence-corrected chi connectivity index (χ0v) is 13.4. The highest BCUT2D eigenvalue weighted by Crippen LogP contribution is 2.15. The highest BCUT2D eigenvalue weighted by atomic mass is 32.2. The second-order valence-corrected chi connectivity index (χ2v) is 7.16. The molecule has 6 nitrogen and oxygen atoms in total. The van der Waals surface area contributed by atoms with Crippen LogP contribution in [0.15, 0.2) is 24.3 Å². The van der Waals surface area contributed by atoms with Crippen molar-refractivity contribution in [2.24, 2.45) is 0 Å². The van der Waals surface area contributed by atoms with Gasteiger partial charge in [0, 0.05) is 11.6 Å². The van der Waals surface area contributed by atoms with Crippen LogP contribution >= 0.6 is 0 Å². The van der Waals surface area contributed by atoms with E-state index in [0.717, 1.165) is 4.90 Å². The topological polar surface area (TPSA) is 91.8 Å². The number of sulfone groups is 1. The van der Waals surface area contributed by atoms with Crippen molar-refractivity contribution < 1.29 is 31.9 Å². The predicted molar refractivity (Wildman–Crippen MR) is 78.9 cm³/mol. The van der Waals surface area contributed by atoms with E-state index < -0.39 is 39.8 Å². The Morgan fingerprint density at radius 2 is 1.70 bits per heavy atom. The van der Waals surface area contributed by atoms with Crippen LogP contribution in [0.5, 0.6) is 0 Å². The van der Waals surface area contributed by atoms with Gasteiger partial charge in [-0.3, -0.25) is 9.59 Å². The van der Waals surface area contributed by atoms with E-state index in [1.807, 2.05) is 0 Å². The number of hydrogen-bond acceptors (Lipinski definition) is 4. The molecule has 0 aliphatic heterocycles. The Hall–Kier alpha value is -2.03. The first kappa shape index (κ1) is 19.0. The first-order valence-corrected chi connectivity index (χ1v) is 8.37. The summed E-state index contributed by atoms with van der Waals surface area (Å²) >= 11 is 0. The summed E-state index contributed by atoms with van der Waals surface area (Å²) in [6.07, 6.45) is 0. The van der Waals surface area contributed by atoms with Crippen LogP contribution < -0.4 is 0 Å². The van der Waals surface area contributed by atoms with E-state index in [1.54, 1.807) is 13.8 Å². The molecule has 0 heterocycles. The average molecular weight is 349 g/mol. The molecule has 0 aromatic heterocycles. The zero-order chi connectivity index (χ0) is 17.8. The van der Waals surface area contributed by atoms with Crippen LogP contribution in [0.25, 0.3) is 0 Å². The maximum atomic E-state index is 12.3. The third-order valence-electron chi connectivity index (χ3n) is 3.03. The number of carbonyl (C=O) groups excluding carboxylic acids is 1. The summed E-state index contributed by atoms with van der Waals surface area (Å²) in [5, 5.41) is 8.82. The lowest BCUT2D eigenvalue weighted by atomic mass is 10.1. The summed E-state index contributed by atoms with van der Waals surface area (Å²) in [6, 6.07) is 4.74. The van der Waals surface area contributed by atoms with Gasteiger partial charge in [-0.05, 0) is 31.5 Å². The quantitative estimate of drug-likeness (QED) is 0.810. The third kappa shape index (κ3) is 5.27. The number of hydrogen-bond donors (Lipinski definition) is 1. The van der Waals surface area contributed by atoms with Gasteiger partial charge in [0.15, 0.2) is 0 Å². The molecule has 0 aliphatic rings. The Morgan fingerprint density at radius 3 is 2.09 bits per heavy atom. The molecule has 1 rings (SSSR count). The summed E-state index contributed by atoms with van der Waals surface area (Å²) in [6.45, 7) is 2.84. The second-order valence-electron chi connectivity index (χ2n) is 5.19. The van der Waals surface area contributed by atoms with E-state index >= 15 is 0 Å². The smallest absolute Gasteiger partial charge is 0.337 e. The van der Waals surface area contributed by atoms with Gasteiger partial charge in [-0.1, -0.05) is 12.1 Å². The molecule has 128 valence electrons. The maximum absolute atomic E-state index is 12.3. The number of aliphatic carboxylic acids is 1. The summed E-state index contributed by atoms with van der Waals surface area (Å²) in [7, 11) is -4.54. The molecule has 0 atom stereocenters. The van der Waals surface area contributed by atoms with Gasteiger partial charge < -0.3 is 10.0 Å². The molecule has 0 saturated carbocycles. The molecule has 9 heteroatoms. The molecular weight excluding hydrogens is 332 g/mol. The Labute approximate surface area is 132 Å². The number of carboxylic acid groups (broad SMARTS) is 1. The van der Waals surface area contributed by atoms with Gasteiger partial charge in [-0.15, -0.1) is 0 Å². The highest BCUT2D eigenvalue weighted by molar-refractivity contribution is 7.90. The van der Waals surface area contributed by atoms with E-state index in [1.165, 1.54) is 24.3 Å². The van der Waals surface area contributed by atoms with E-state index in [0.29, 0.717) is 0 Å². The number of rotatable bonds is 7. The van der Waals surface area contributed by atoms with Crippen molar-refractivity contribution in [3.05, 3.63) is 35.4 Å². The molecule has 23 heavy (non-hydrogen) atoms. The molecule has 0 spiro atoms. The van der Waals surface area contributed by atoms with Crippen molar-refractivity contribution in [2.75, 3.05) is 6.54 Å². The van der Waals surface area contributed by atoms with E-state index in [9.17, 15) is 26.8 Å². The summed E-state index contributed by atoms with van der Waals surface area (Å²) in [5.41, 5.74) is 0.273. The maximum Gasteiger partial charge on any atom is 0.337 e. The molecule has 0 fully saturated rings. The summed E-state index contributed by atoms with van der Waals surface area (Å²) in [5.74, 6) is -5.99. The van der Waals surface area contributed by atoms with Gasteiger partial charge in [0.2, 0.25) is 9.84 Å². The van der Waals surface area contributed by atoms with Crippen LogP contribution in [-0.4, -0.2) is 48.6 Å². The minimum absolute atomic E-state index is 0.121. The zero-order valence-electron chi connectivity index (χ0n) is 12.6. The van der Waals surface area contributed by atoms with Gasteiger partial charge in [0.25, 0.3) is 5.91 Å². The monoisotopic (exact) mass is 349 g/mol. The number of nitrogens with zero attached hydrogens (tertiary/aromatic N) is 1. The second kappa shape index (κ2) is 7.49. The minimum atomic E-state index is -4.54. The Bertz CT molecular complexity index is 671. The molecule has 0 aliphatic carbocycles. The van der Waals surface area contributed by atoms with Gasteiger partial charge in [0.05, 0.1) is 5.75 Å². The fraction of sp³-hybridized carbons (Fsp3) is 0.429. The van der Waals surface area contributed by atoms with E-state index in [-0.39, 0.29) is 17.2 Å². The van der Waals surface area contributed by atoms with Gasteiger partial charge in [-0.25, -0.2) is 8.42 Å². The van der Waals surface area contributed by atoms with Crippen LogP contribution in [0.2, 0.25) is 0 Å². The largest absolute Gasteiger partial charge is 0.480 e. The van der Waals surface area contributed by atoms with Crippen LogP contribution in [0.4, 0.5) is 8.78 Å². The van der Waals surface area contributed by atoms with Crippen LogP contribution in [0.1, 0.15) is 29.8 Å². The molecular formula is C14H17F2NO5S. The number of benzene rings is 1. The molecule has 0 saturated heterocycles. The number of halogens is 2. The summed E-state index contributed by atoms with van der Waals surface area (Å²) in [4.78, 5) is 24.2. The SMILES string of the molecule is CC(C)N(CC(=O)O)C(=O)c1ccc(CS(=O)(=O)C(F)F)cc1. The highest BCUT2D eigenvalue weighted by Gasteiger charge is 2.25. The first-order valence-electron chi connectivity index (χ1n) is 6.66. The molecule has 1 N–H and O–H groups in total. The lowest BCUT2D eigenvalue weighted by molar-refractivity contribution is -0.138. The van der Waals surface area contributed by atoms with Gasteiger partial charge in [0.1, 0.15) is 6.54 Å². The Morgan fingerprint density at radius 1 is 1.17 bits per heavy atom.